The second kappa shape index (κ2) is 4.38. The molecule has 7 heteroatoms. The van der Waals surface area contributed by atoms with E-state index in [4.69, 9.17) is 0 Å². The summed E-state index contributed by atoms with van der Waals surface area (Å²) in [5, 5.41) is 3.20. The fourth-order valence-electron chi connectivity index (χ4n) is 1.99. The Morgan fingerprint density at radius 3 is 2.72 bits per heavy atom. The molecule has 1 saturated heterocycles. The Morgan fingerprint density at radius 1 is 1.39 bits per heavy atom. The summed E-state index contributed by atoms with van der Waals surface area (Å²) in [5.41, 5.74) is -1.20. The zero-order valence-corrected chi connectivity index (χ0v) is 10.3. The van der Waals surface area contributed by atoms with Crippen LogP contribution in [0.15, 0.2) is 12.3 Å². The number of nitrogens with zero attached hydrogens (tertiary/aromatic N) is 3. The van der Waals surface area contributed by atoms with E-state index in [1.807, 2.05) is 13.8 Å². The quantitative estimate of drug-likeness (QED) is 0.834. The summed E-state index contributed by atoms with van der Waals surface area (Å²) >= 11 is 0. The van der Waals surface area contributed by atoms with E-state index in [2.05, 4.69) is 15.3 Å². The van der Waals surface area contributed by atoms with Crippen molar-refractivity contribution in [3.05, 3.63) is 18.0 Å². The molecule has 1 aliphatic heterocycles. The van der Waals surface area contributed by atoms with Crippen LogP contribution in [-0.4, -0.2) is 35.1 Å². The number of piperazine rings is 1. The van der Waals surface area contributed by atoms with E-state index in [-0.39, 0.29) is 11.5 Å². The second-order valence-corrected chi connectivity index (χ2v) is 4.88. The van der Waals surface area contributed by atoms with Gasteiger partial charge in [0.2, 0.25) is 5.95 Å². The van der Waals surface area contributed by atoms with Crippen molar-refractivity contribution in [2.24, 2.45) is 0 Å². The van der Waals surface area contributed by atoms with Crippen molar-refractivity contribution in [1.29, 1.82) is 0 Å². The molecule has 2 heterocycles. The first kappa shape index (κ1) is 13.1. The van der Waals surface area contributed by atoms with Gasteiger partial charge in [0.05, 0.1) is 0 Å². The van der Waals surface area contributed by atoms with E-state index in [1.54, 1.807) is 4.90 Å². The molecule has 0 unspecified atom stereocenters. The molecule has 0 atom stereocenters. The number of halogens is 3. The highest BCUT2D eigenvalue weighted by Crippen LogP contribution is 2.29. The SMILES string of the molecule is CC1(C)CNCCN1c1nccc(C(F)(F)F)n1. The Bertz CT molecular complexity index is 431. The molecular formula is C11H15F3N4. The van der Waals surface area contributed by atoms with Crippen LogP contribution in [0.3, 0.4) is 0 Å². The maximum atomic E-state index is 12.6. The largest absolute Gasteiger partial charge is 0.433 e. The first-order chi connectivity index (χ1) is 8.31. The van der Waals surface area contributed by atoms with Crippen LogP contribution >= 0.6 is 0 Å². The second-order valence-electron chi connectivity index (χ2n) is 4.88. The topological polar surface area (TPSA) is 41.0 Å². The Morgan fingerprint density at radius 2 is 2.11 bits per heavy atom. The van der Waals surface area contributed by atoms with E-state index in [0.717, 1.165) is 12.3 Å². The number of hydrogen-bond donors (Lipinski definition) is 1. The molecule has 100 valence electrons. The molecule has 1 aliphatic rings. The predicted molar refractivity (Wildman–Crippen MR) is 61.3 cm³/mol. The third kappa shape index (κ3) is 2.55. The highest BCUT2D eigenvalue weighted by Gasteiger charge is 2.36. The van der Waals surface area contributed by atoms with Gasteiger partial charge in [-0.05, 0) is 19.9 Å². The molecule has 1 N–H and O–H groups in total. The van der Waals surface area contributed by atoms with Crippen LogP contribution in [0, 0.1) is 0 Å². The van der Waals surface area contributed by atoms with Crippen LogP contribution in [-0.2, 0) is 6.18 Å². The number of nitrogens with one attached hydrogen (secondary N) is 1. The lowest BCUT2D eigenvalue weighted by Crippen LogP contribution is -2.58. The van der Waals surface area contributed by atoms with Crippen molar-refractivity contribution in [3.8, 4) is 0 Å². The van der Waals surface area contributed by atoms with Gasteiger partial charge in [0, 0.05) is 31.4 Å². The van der Waals surface area contributed by atoms with E-state index >= 15 is 0 Å². The standard InChI is InChI=1S/C11H15F3N4/c1-10(2)7-15-5-6-18(10)9-16-4-3-8(17-9)11(12,13)14/h3-4,15H,5-7H2,1-2H3. The maximum Gasteiger partial charge on any atom is 0.433 e. The molecule has 0 bridgehead atoms. The first-order valence-corrected chi connectivity index (χ1v) is 5.69. The van der Waals surface area contributed by atoms with Gasteiger partial charge in [0.15, 0.2) is 0 Å². The molecule has 18 heavy (non-hydrogen) atoms. The number of aromatic nitrogens is 2. The van der Waals surface area contributed by atoms with E-state index in [9.17, 15) is 13.2 Å². The van der Waals surface area contributed by atoms with Crippen molar-refractivity contribution < 1.29 is 13.2 Å². The van der Waals surface area contributed by atoms with Gasteiger partial charge in [-0.1, -0.05) is 0 Å². The molecular weight excluding hydrogens is 245 g/mol. The number of alkyl halides is 3. The molecule has 1 aromatic heterocycles. The Labute approximate surface area is 103 Å². The van der Waals surface area contributed by atoms with Crippen LogP contribution in [0.1, 0.15) is 19.5 Å². The highest BCUT2D eigenvalue weighted by molar-refractivity contribution is 5.36. The zero-order valence-electron chi connectivity index (χ0n) is 10.3. The fourth-order valence-corrected chi connectivity index (χ4v) is 1.99. The third-order valence-electron chi connectivity index (χ3n) is 2.98. The monoisotopic (exact) mass is 260 g/mol. The van der Waals surface area contributed by atoms with Crippen LogP contribution in [0.25, 0.3) is 0 Å². The van der Waals surface area contributed by atoms with E-state index in [1.165, 1.54) is 0 Å². The maximum absolute atomic E-state index is 12.6. The van der Waals surface area contributed by atoms with Gasteiger partial charge in [-0.15, -0.1) is 0 Å². The van der Waals surface area contributed by atoms with Crippen molar-refractivity contribution >= 4 is 5.95 Å². The van der Waals surface area contributed by atoms with Gasteiger partial charge < -0.3 is 10.2 Å². The van der Waals surface area contributed by atoms with Gasteiger partial charge in [-0.2, -0.15) is 13.2 Å². The van der Waals surface area contributed by atoms with Gasteiger partial charge in [-0.3, -0.25) is 0 Å². The van der Waals surface area contributed by atoms with E-state index < -0.39 is 11.9 Å². The molecule has 0 radical (unpaired) electrons. The smallest absolute Gasteiger partial charge is 0.333 e. The molecule has 2 rings (SSSR count). The summed E-state index contributed by atoms with van der Waals surface area (Å²) in [6.45, 7) is 5.88. The lowest BCUT2D eigenvalue weighted by Gasteiger charge is -2.42. The molecule has 0 saturated carbocycles. The zero-order chi connectivity index (χ0) is 13.4. The Kier molecular flexibility index (Phi) is 3.18. The first-order valence-electron chi connectivity index (χ1n) is 5.69. The predicted octanol–water partition coefficient (Wildman–Crippen LogP) is 1.68. The molecule has 1 fully saturated rings. The summed E-state index contributed by atoms with van der Waals surface area (Å²) in [4.78, 5) is 9.39. The fraction of sp³-hybridized carbons (Fsp3) is 0.636. The summed E-state index contributed by atoms with van der Waals surface area (Å²) in [6, 6.07) is 0.888. The number of rotatable bonds is 1. The van der Waals surface area contributed by atoms with E-state index in [0.29, 0.717) is 19.6 Å². The minimum absolute atomic E-state index is 0.135. The van der Waals surface area contributed by atoms with Crippen molar-refractivity contribution in [3.63, 3.8) is 0 Å². The molecule has 0 spiro atoms. The Balaban J connectivity index is 2.33. The summed E-state index contributed by atoms with van der Waals surface area (Å²) < 4.78 is 37.8. The summed E-state index contributed by atoms with van der Waals surface area (Å²) in [6.07, 6.45) is -3.28. The highest BCUT2D eigenvalue weighted by atomic mass is 19.4. The lowest BCUT2D eigenvalue weighted by molar-refractivity contribution is -0.141. The molecule has 0 amide bonds. The summed E-state index contributed by atoms with van der Waals surface area (Å²) in [7, 11) is 0. The van der Waals surface area contributed by atoms with Crippen molar-refractivity contribution in [2.45, 2.75) is 25.6 Å². The normalized spacial score (nSPS) is 19.9. The molecule has 0 aromatic carbocycles. The molecule has 4 nitrogen and oxygen atoms in total. The van der Waals surface area contributed by atoms with Crippen molar-refractivity contribution in [1.82, 2.24) is 15.3 Å². The van der Waals surface area contributed by atoms with Gasteiger partial charge >= 0.3 is 6.18 Å². The third-order valence-corrected chi connectivity index (χ3v) is 2.98. The van der Waals surface area contributed by atoms with Crippen molar-refractivity contribution in [2.75, 3.05) is 24.5 Å². The van der Waals surface area contributed by atoms with Gasteiger partial charge in [-0.25, -0.2) is 9.97 Å². The van der Waals surface area contributed by atoms with Crippen LogP contribution < -0.4 is 10.2 Å². The van der Waals surface area contributed by atoms with Gasteiger partial charge in [0.1, 0.15) is 5.69 Å². The average Bonchev–Trinajstić information content (AvgIpc) is 2.27. The number of anilines is 1. The average molecular weight is 260 g/mol. The van der Waals surface area contributed by atoms with Crippen LogP contribution in [0.4, 0.5) is 19.1 Å². The minimum atomic E-state index is -4.43. The van der Waals surface area contributed by atoms with Crippen LogP contribution in [0.5, 0.6) is 0 Å². The summed E-state index contributed by atoms with van der Waals surface area (Å²) in [5.74, 6) is 0.135. The number of hydrogen-bond acceptors (Lipinski definition) is 4. The molecule has 0 aliphatic carbocycles. The van der Waals surface area contributed by atoms with Gasteiger partial charge in [0.25, 0.3) is 0 Å². The molecule has 1 aromatic rings. The lowest BCUT2D eigenvalue weighted by atomic mass is 10.0. The van der Waals surface area contributed by atoms with Crippen LogP contribution in [0.2, 0.25) is 0 Å². The Hall–Kier alpha value is -1.37. The minimum Gasteiger partial charge on any atom is -0.333 e.